The van der Waals surface area contributed by atoms with Gasteiger partial charge in [-0.25, -0.2) is 13.7 Å². The van der Waals surface area contributed by atoms with Crippen LogP contribution in [0.2, 0.25) is 0 Å². The Morgan fingerprint density at radius 1 is 1.23 bits per heavy atom. The normalized spacial score (nSPS) is 10.2. The molecule has 2 heterocycles. The van der Waals surface area contributed by atoms with Crippen LogP contribution >= 0.6 is 0 Å². The number of pyridine rings is 1. The van der Waals surface area contributed by atoms with E-state index < -0.39 is 5.97 Å². The summed E-state index contributed by atoms with van der Waals surface area (Å²) in [5.74, 6) is -0.210. The van der Waals surface area contributed by atoms with Crippen molar-refractivity contribution in [1.29, 1.82) is 0 Å². The number of hydrogen-bond donors (Lipinski definition) is 0. The number of ether oxygens (including phenoxy) is 2. The molecule has 5 nitrogen and oxygen atoms in total. The van der Waals surface area contributed by atoms with E-state index in [2.05, 4.69) is 5.10 Å². The van der Waals surface area contributed by atoms with E-state index in [0.717, 1.165) is 0 Å². The minimum atomic E-state index is -0.420. The Labute approximate surface area is 152 Å². The number of benzene rings is 1. The number of carbonyl (C=O) groups is 1. The molecule has 2 aromatic heterocycles. The molecule has 0 aliphatic heterocycles. The van der Waals surface area contributed by atoms with Crippen LogP contribution in [0.15, 0.2) is 42.6 Å². The number of halogens is 1. The van der Waals surface area contributed by atoms with Crippen LogP contribution < -0.4 is 4.74 Å². The Balaban J connectivity index is 0.00000117. The van der Waals surface area contributed by atoms with Gasteiger partial charge in [0.15, 0.2) is 0 Å². The minimum Gasteiger partial charge on any atom is -0.489 e. The highest BCUT2D eigenvalue weighted by atomic mass is 19.1. The Morgan fingerprint density at radius 2 is 1.96 bits per heavy atom. The quantitative estimate of drug-likeness (QED) is 0.627. The molecule has 0 atom stereocenters. The largest absolute Gasteiger partial charge is 0.489 e. The van der Waals surface area contributed by atoms with E-state index in [1.807, 2.05) is 13.8 Å². The third-order valence-corrected chi connectivity index (χ3v) is 3.61. The number of esters is 1. The SMILES string of the molecule is CC.CCOC(=O)c1c(C)nn2ccc(OCc3ccccc3F)cc12. The summed E-state index contributed by atoms with van der Waals surface area (Å²) >= 11 is 0. The lowest BCUT2D eigenvalue weighted by Crippen LogP contribution is -2.06. The summed E-state index contributed by atoms with van der Waals surface area (Å²) in [4.78, 5) is 12.1. The van der Waals surface area contributed by atoms with Crippen molar-refractivity contribution >= 4 is 11.5 Å². The number of hydrogen-bond acceptors (Lipinski definition) is 4. The molecule has 138 valence electrons. The van der Waals surface area contributed by atoms with Gasteiger partial charge in [-0.2, -0.15) is 5.10 Å². The molecule has 0 spiro atoms. The molecule has 0 aliphatic carbocycles. The van der Waals surface area contributed by atoms with Gasteiger partial charge in [0.25, 0.3) is 0 Å². The number of aryl methyl sites for hydroxylation is 1. The zero-order chi connectivity index (χ0) is 19.1. The van der Waals surface area contributed by atoms with Crippen molar-refractivity contribution in [1.82, 2.24) is 9.61 Å². The zero-order valence-corrected chi connectivity index (χ0v) is 15.5. The van der Waals surface area contributed by atoms with Crippen LogP contribution in [0.1, 0.15) is 42.4 Å². The van der Waals surface area contributed by atoms with Crippen LogP contribution in [0.25, 0.3) is 5.52 Å². The smallest absolute Gasteiger partial charge is 0.342 e. The summed E-state index contributed by atoms with van der Waals surface area (Å²) in [5, 5.41) is 4.29. The average Bonchev–Trinajstić information content (AvgIpc) is 2.98. The monoisotopic (exact) mass is 358 g/mol. The van der Waals surface area contributed by atoms with Gasteiger partial charge in [-0.1, -0.05) is 32.0 Å². The van der Waals surface area contributed by atoms with E-state index in [1.165, 1.54) is 6.07 Å². The molecule has 3 rings (SSSR count). The molecule has 0 bridgehead atoms. The third kappa shape index (κ3) is 4.20. The molecule has 0 saturated carbocycles. The Kier molecular flexibility index (Phi) is 6.72. The van der Waals surface area contributed by atoms with Crippen LogP contribution in [0, 0.1) is 12.7 Å². The minimum absolute atomic E-state index is 0.102. The number of carbonyl (C=O) groups excluding carboxylic acids is 1. The van der Waals surface area contributed by atoms with Crippen molar-refractivity contribution in [2.24, 2.45) is 0 Å². The summed E-state index contributed by atoms with van der Waals surface area (Å²) in [7, 11) is 0. The first kappa shape index (κ1) is 19.4. The van der Waals surface area contributed by atoms with Crippen molar-refractivity contribution in [3.63, 3.8) is 0 Å². The first-order valence-corrected chi connectivity index (χ1v) is 8.62. The van der Waals surface area contributed by atoms with Crippen molar-refractivity contribution in [3.8, 4) is 5.75 Å². The van der Waals surface area contributed by atoms with Gasteiger partial charge in [-0.3, -0.25) is 0 Å². The van der Waals surface area contributed by atoms with E-state index in [-0.39, 0.29) is 12.4 Å². The average molecular weight is 358 g/mol. The lowest BCUT2D eigenvalue weighted by Gasteiger charge is -2.08. The van der Waals surface area contributed by atoms with Gasteiger partial charge in [0.1, 0.15) is 23.7 Å². The summed E-state index contributed by atoms with van der Waals surface area (Å²) in [6.07, 6.45) is 1.70. The van der Waals surface area contributed by atoms with Gasteiger partial charge in [-0.05, 0) is 26.0 Å². The molecule has 26 heavy (non-hydrogen) atoms. The van der Waals surface area contributed by atoms with Gasteiger partial charge in [0.05, 0.1) is 17.8 Å². The zero-order valence-electron chi connectivity index (χ0n) is 15.5. The van der Waals surface area contributed by atoms with E-state index in [4.69, 9.17) is 9.47 Å². The Bertz CT molecular complexity index is 890. The summed E-state index contributed by atoms with van der Waals surface area (Å²) < 4.78 is 26.0. The van der Waals surface area contributed by atoms with Gasteiger partial charge in [0, 0.05) is 17.8 Å². The van der Waals surface area contributed by atoms with Crippen molar-refractivity contribution in [3.05, 3.63) is 65.2 Å². The second-order valence-electron chi connectivity index (χ2n) is 5.25. The van der Waals surface area contributed by atoms with Gasteiger partial charge in [0.2, 0.25) is 0 Å². The molecule has 0 aliphatic rings. The van der Waals surface area contributed by atoms with Crippen molar-refractivity contribution < 1.29 is 18.7 Å². The molecule has 0 fully saturated rings. The maximum atomic E-state index is 13.6. The first-order valence-electron chi connectivity index (χ1n) is 8.62. The maximum Gasteiger partial charge on any atom is 0.342 e. The predicted octanol–water partition coefficient (Wildman–Crippen LogP) is 4.56. The highest BCUT2D eigenvalue weighted by Crippen LogP contribution is 2.22. The highest BCUT2D eigenvalue weighted by molar-refractivity contribution is 5.98. The summed E-state index contributed by atoms with van der Waals surface area (Å²) in [5.41, 5.74) is 2.05. The number of nitrogens with zero attached hydrogens (tertiary/aromatic N) is 2. The predicted molar refractivity (Wildman–Crippen MR) is 98.0 cm³/mol. The molecule has 0 N–H and O–H groups in total. The molecule has 0 radical (unpaired) electrons. The topological polar surface area (TPSA) is 52.8 Å². The molecule has 0 saturated heterocycles. The van der Waals surface area contributed by atoms with Gasteiger partial charge >= 0.3 is 5.97 Å². The van der Waals surface area contributed by atoms with E-state index >= 15 is 0 Å². The molecule has 1 aromatic carbocycles. The maximum absolute atomic E-state index is 13.6. The Hall–Kier alpha value is -2.89. The second-order valence-corrected chi connectivity index (χ2v) is 5.25. The number of rotatable bonds is 5. The van der Waals surface area contributed by atoms with E-state index in [0.29, 0.717) is 34.7 Å². The fourth-order valence-electron chi connectivity index (χ4n) is 2.47. The molecule has 3 aromatic rings. The van der Waals surface area contributed by atoms with E-state index in [9.17, 15) is 9.18 Å². The fourth-order valence-corrected chi connectivity index (χ4v) is 2.47. The van der Waals surface area contributed by atoms with Crippen molar-refractivity contribution in [2.45, 2.75) is 34.3 Å². The molecule has 6 heteroatoms. The second kappa shape index (κ2) is 8.99. The fraction of sp³-hybridized carbons (Fsp3) is 0.300. The standard InChI is InChI=1S/C18H17FN2O3.C2H6/c1-3-23-18(22)17-12(2)20-21-9-8-14(10-16(17)21)24-11-13-6-4-5-7-15(13)19;1-2/h4-10H,3,11H2,1-2H3;1-2H3. The summed E-state index contributed by atoms with van der Waals surface area (Å²) in [6, 6.07) is 9.86. The van der Waals surface area contributed by atoms with Crippen LogP contribution in [0.3, 0.4) is 0 Å². The van der Waals surface area contributed by atoms with Gasteiger partial charge < -0.3 is 9.47 Å². The summed E-state index contributed by atoms with van der Waals surface area (Å²) in [6.45, 7) is 7.89. The van der Waals surface area contributed by atoms with E-state index in [1.54, 1.807) is 54.9 Å². The number of fused-ring (bicyclic) bond motifs is 1. The van der Waals surface area contributed by atoms with Crippen LogP contribution in [-0.4, -0.2) is 22.2 Å². The molecule has 0 unspecified atom stereocenters. The van der Waals surface area contributed by atoms with Gasteiger partial charge in [-0.15, -0.1) is 0 Å². The third-order valence-electron chi connectivity index (χ3n) is 3.61. The molecule has 0 amide bonds. The first-order chi connectivity index (χ1) is 12.6. The number of aromatic nitrogens is 2. The lowest BCUT2D eigenvalue weighted by atomic mass is 10.2. The highest BCUT2D eigenvalue weighted by Gasteiger charge is 2.18. The van der Waals surface area contributed by atoms with Crippen LogP contribution in [-0.2, 0) is 11.3 Å². The van der Waals surface area contributed by atoms with Crippen molar-refractivity contribution in [2.75, 3.05) is 6.61 Å². The Morgan fingerprint density at radius 3 is 2.65 bits per heavy atom. The van der Waals surface area contributed by atoms with Crippen LogP contribution in [0.4, 0.5) is 4.39 Å². The molecular formula is C20H23FN2O3. The van der Waals surface area contributed by atoms with Crippen LogP contribution in [0.5, 0.6) is 5.75 Å². The lowest BCUT2D eigenvalue weighted by molar-refractivity contribution is 0.0528. The molecular weight excluding hydrogens is 335 g/mol.